The van der Waals surface area contributed by atoms with Crippen LogP contribution in [0.1, 0.15) is 34.9 Å². The van der Waals surface area contributed by atoms with Crippen molar-refractivity contribution >= 4 is 5.91 Å². The lowest BCUT2D eigenvalue weighted by Gasteiger charge is -2.41. The number of nitrogens with zero attached hydrogens (tertiary/aromatic N) is 1. The van der Waals surface area contributed by atoms with Gasteiger partial charge >= 0.3 is 0 Å². The van der Waals surface area contributed by atoms with Crippen LogP contribution >= 0.6 is 0 Å². The summed E-state index contributed by atoms with van der Waals surface area (Å²) in [7, 11) is 0. The predicted molar refractivity (Wildman–Crippen MR) is 95.7 cm³/mol. The van der Waals surface area contributed by atoms with Gasteiger partial charge in [-0.1, -0.05) is 6.07 Å². The fourth-order valence-corrected chi connectivity index (χ4v) is 3.58. The second kappa shape index (κ2) is 6.06. The molecule has 25 heavy (non-hydrogen) atoms. The summed E-state index contributed by atoms with van der Waals surface area (Å²) in [5.41, 5.74) is 8.86. The van der Waals surface area contributed by atoms with Crippen molar-refractivity contribution in [2.24, 2.45) is 11.7 Å². The molecule has 2 aromatic rings. The molecule has 2 unspecified atom stereocenters. The molecule has 1 aliphatic rings. The van der Waals surface area contributed by atoms with Gasteiger partial charge in [0.05, 0.1) is 0 Å². The molecule has 2 atom stereocenters. The van der Waals surface area contributed by atoms with Crippen LogP contribution in [0.25, 0.3) is 0 Å². The van der Waals surface area contributed by atoms with E-state index in [1.54, 1.807) is 13.1 Å². The Morgan fingerprint density at radius 1 is 1.32 bits per heavy atom. The average molecular weight is 340 g/mol. The van der Waals surface area contributed by atoms with Crippen molar-refractivity contribution in [2.45, 2.75) is 46.1 Å². The normalized spacial score (nSPS) is 22.2. The summed E-state index contributed by atoms with van der Waals surface area (Å²) >= 11 is 0. The molecule has 132 valence electrons. The fraction of sp³-hybridized carbons (Fsp3) is 0.400. The van der Waals surface area contributed by atoms with Gasteiger partial charge in [-0.25, -0.2) is 0 Å². The molecular weight excluding hydrogens is 316 g/mol. The monoisotopic (exact) mass is 340 g/mol. The number of hydrogen-bond acceptors (Lipinski definition) is 4. The van der Waals surface area contributed by atoms with E-state index >= 15 is 0 Å². The number of carbonyl (C=O) groups is 1. The molecule has 2 heterocycles. The van der Waals surface area contributed by atoms with Crippen LogP contribution in [0.15, 0.2) is 24.4 Å². The molecule has 0 saturated heterocycles. The van der Waals surface area contributed by atoms with Crippen LogP contribution < -0.4 is 10.5 Å². The highest BCUT2D eigenvalue weighted by Gasteiger charge is 2.47. The standard InChI is InChI=1S/C20H24N2O3/c1-11-12(2)18-16(13(3)17(11)23)10-14(20(4,25-18)19(21)24)9-15-7-5-6-8-22-15/h5-8,14,23H,9-10H2,1-4H3,(H2,21,24). The van der Waals surface area contributed by atoms with Crippen molar-refractivity contribution in [1.82, 2.24) is 4.98 Å². The number of rotatable bonds is 3. The van der Waals surface area contributed by atoms with Crippen LogP contribution in [0.3, 0.4) is 0 Å². The number of phenols is 1. The minimum atomic E-state index is -1.12. The second-order valence-corrected chi connectivity index (χ2v) is 7.03. The molecule has 0 radical (unpaired) electrons. The Balaban J connectivity index is 2.10. The molecule has 3 N–H and O–H groups in total. The Kier molecular flexibility index (Phi) is 4.19. The van der Waals surface area contributed by atoms with Gasteiger partial charge in [0, 0.05) is 23.4 Å². The number of carbonyl (C=O) groups excluding carboxylic acids is 1. The van der Waals surface area contributed by atoms with Crippen LogP contribution in [0.2, 0.25) is 0 Å². The lowest BCUT2D eigenvalue weighted by atomic mass is 9.76. The smallest absolute Gasteiger partial charge is 0.261 e. The van der Waals surface area contributed by atoms with E-state index in [0.717, 1.165) is 27.9 Å². The van der Waals surface area contributed by atoms with Gasteiger partial charge in [-0.2, -0.15) is 0 Å². The fourth-order valence-electron chi connectivity index (χ4n) is 3.58. The third kappa shape index (κ3) is 2.73. The first kappa shape index (κ1) is 17.3. The quantitative estimate of drug-likeness (QED) is 0.899. The third-order valence-electron chi connectivity index (χ3n) is 5.55. The Morgan fingerprint density at radius 2 is 2.04 bits per heavy atom. The average Bonchev–Trinajstić information content (AvgIpc) is 2.60. The lowest BCUT2D eigenvalue weighted by Crippen LogP contribution is -2.55. The summed E-state index contributed by atoms with van der Waals surface area (Å²) in [5.74, 6) is 0.319. The van der Waals surface area contributed by atoms with Gasteiger partial charge in [-0.15, -0.1) is 0 Å². The molecule has 1 aromatic heterocycles. The van der Waals surface area contributed by atoms with Crippen molar-refractivity contribution < 1.29 is 14.6 Å². The summed E-state index contributed by atoms with van der Waals surface area (Å²) in [6.45, 7) is 7.38. The largest absolute Gasteiger partial charge is 0.507 e. The summed E-state index contributed by atoms with van der Waals surface area (Å²) in [4.78, 5) is 16.6. The minimum absolute atomic E-state index is 0.160. The van der Waals surface area contributed by atoms with E-state index in [4.69, 9.17) is 10.5 Å². The molecule has 1 aliphatic heterocycles. The molecule has 0 aliphatic carbocycles. The molecule has 0 saturated carbocycles. The van der Waals surface area contributed by atoms with Crippen LogP contribution in [0.5, 0.6) is 11.5 Å². The van der Waals surface area contributed by atoms with E-state index in [9.17, 15) is 9.90 Å². The number of ether oxygens (including phenoxy) is 1. The molecular formula is C20H24N2O3. The first-order valence-electron chi connectivity index (χ1n) is 8.46. The molecule has 5 heteroatoms. The topological polar surface area (TPSA) is 85.4 Å². The Hall–Kier alpha value is -2.56. The number of nitrogens with two attached hydrogens (primary N) is 1. The van der Waals surface area contributed by atoms with Gasteiger partial charge in [0.1, 0.15) is 11.5 Å². The molecule has 0 fully saturated rings. The van der Waals surface area contributed by atoms with Crippen LogP contribution in [0.4, 0.5) is 0 Å². The summed E-state index contributed by atoms with van der Waals surface area (Å²) in [5, 5.41) is 10.4. The number of amides is 1. The first-order valence-corrected chi connectivity index (χ1v) is 8.46. The Bertz CT molecular complexity index is 833. The highest BCUT2D eigenvalue weighted by Crippen LogP contribution is 2.45. The maximum atomic E-state index is 12.3. The number of benzene rings is 1. The molecule has 0 spiro atoms. The molecule has 1 amide bonds. The van der Waals surface area contributed by atoms with Crippen molar-refractivity contribution in [2.75, 3.05) is 0 Å². The zero-order chi connectivity index (χ0) is 18.4. The first-order chi connectivity index (χ1) is 11.8. The molecule has 1 aromatic carbocycles. The van der Waals surface area contributed by atoms with Crippen LogP contribution in [-0.2, 0) is 17.6 Å². The van der Waals surface area contributed by atoms with Crippen molar-refractivity contribution in [1.29, 1.82) is 0 Å². The Morgan fingerprint density at radius 3 is 2.64 bits per heavy atom. The third-order valence-corrected chi connectivity index (χ3v) is 5.55. The summed E-state index contributed by atoms with van der Waals surface area (Å²) in [6.07, 6.45) is 2.91. The highest BCUT2D eigenvalue weighted by atomic mass is 16.5. The maximum Gasteiger partial charge on any atom is 0.261 e. The summed E-state index contributed by atoms with van der Waals surface area (Å²) < 4.78 is 6.20. The number of primary amides is 1. The zero-order valence-electron chi connectivity index (χ0n) is 15.1. The van der Waals surface area contributed by atoms with Gasteiger partial charge < -0.3 is 15.6 Å². The number of aromatic nitrogens is 1. The number of aromatic hydroxyl groups is 1. The van der Waals surface area contributed by atoms with E-state index < -0.39 is 11.5 Å². The molecule has 0 bridgehead atoms. The van der Waals surface area contributed by atoms with Crippen molar-refractivity contribution in [3.8, 4) is 11.5 Å². The van der Waals surface area contributed by atoms with E-state index in [1.807, 2.05) is 39.0 Å². The number of phenolic OH excluding ortho intramolecular Hbond substituents is 1. The molecule has 5 nitrogen and oxygen atoms in total. The van der Waals surface area contributed by atoms with Gasteiger partial charge in [0.15, 0.2) is 5.60 Å². The van der Waals surface area contributed by atoms with E-state index in [2.05, 4.69) is 4.98 Å². The van der Waals surface area contributed by atoms with Gasteiger partial charge in [-0.05, 0) is 69.4 Å². The number of hydrogen-bond donors (Lipinski definition) is 2. The zero-order valence-corrected chi connectivity index (χ0v) is 15.1. The summed E-state index contributed by atoms with van der Waals surface area (Å²) in [6, 6.07) is 5.71. The lowest BCUT2D eigenvalue weighted by molar-refractivity contribution is -0.138. The van der Waals surface area contributed by atoms with E-state index in [0.29, 0.717) is 24.3 Å². The number of fused-ring (bicyclic) bond motifs is 1. The van der Waals surface area contributed by atoms with Crippen molar-refractivity contribution in [3.05, 3.63) is 52.3 Å². The van der Waals surface area contributed by atoms with Crippen LogP contribution in [-0.4, -0.2) is 21.6 Å². The van der Waals surface area contributed by atoms with E-state index in [-0.39, 0.29) is 5.92 Å². The van der Waals surface area contributed by atoms with Crippen LogP contribution in [0, 0.1) is 26.7 Å². The molecule has 3 rings (SSSR count). The minimum Gasteiger partial charge on any atom is -0.507 e. The van der Waals surface area contributed by atoms with Gasteiger partial charge in [0.25, 0.3) is 5.91 Å². The number of pyridine rings is 1. The second-order valence-electron chi connectivity index (χ2n) is 7.03. The maximum absolute atomic E-state index is 12.3. The van der Waals surface area contributed by atoms with Gasteiger partial charge in [-0.3, -0.25) is 9.78 Å². The van der Waals surface area contributed by atoms with E-state index in [1.165, 1.54) is 0 Å². The predicted octanol–water partition coefficient (Wildman–Crippen LogP) is 2.75. The Labute approximate surface area is 147 Å². The van der Waals surface area contributed by atoms with Crippen molar-refractivity contribution in [3.63, 3.8) is 0 Å². The van der Waals surface area contributed by atoms with Gasteiger partial charge in [0.2, 0.25) is 0 Å². The SMILES string of the molecule is Cc1c(C)c2c(c(C)c1O)CC(Cc1ccccn1)C(C)(C(N)=O)O2. The highest BCUT2D eigenvalue weighted by molar-refractivity contribution is 5.84.